The van der Waals surface area contributed by atoms with Crippen LogP contribution in [0.4, 0.5) is 0 Å². The van der Waals surface area contributed by atoms with E-state index in [1.165, 1.54) is 5.56 Å². The van der Waals surface area contributed by atoms with Gasteiger partial charge in [-0.05, 0) is 12.5 Å². The molecule has 2 rings (SSSR count). The lowest BCUT2D eigenvalue weighted by atomic mass is 10.1. The van der Waals surface area contributed by atoms with Crippen LogP contribution in [0.1, 0.15) is 12.5 Å². The highest BCUT2D eigenvalue weighted by Crippen LogP contribution is 2.26. The van der Waals surface area contributed by atoms with E-state index in [0.717, 1.165) is 6.42 Å². The minimum absolute atomic E-state index is 0.00597. The average Bonchev–Trinajstić information content (AvgIpc) is 2.99. The van der Waals surface area contributed by atoms with E-state index in [0.29, 0.717) is 6.61 Å². The Morgan fingerprint density at radius 1 is 1.40 bits per heavy atom. The van der Waals surface area contributed by atoms with Crippen molar-refractivity contribution in [3.63, 3.8) is 0 Å². The highest BCUT2D eigenvalue weighted by molar-refractivity contribution is 5.78. The first-order valence-electron chi connectivity index (χ1n) is 5.17. The summed E-state index contributed by atoms with van der Waals surface area (Å²) in [4.78, 5) is 11.3. The van der Waals surface area contributed by atoms with E-state index in [4.69, 9.17) is 9.47 Å². The van der Waals surface area contributed by atoms with Crippen LogP contribution < -0.4 is 0 Å². The highest BCUT2D eigenvalue weighted by atomic mass is 16.6. The molecule has 3 nitrogen and oxygen atoms in total. The predicted molar refractivity (Wildman–Crippen MR) is 55.4 cm³/mol. The molecule has 0 unspecified atom stereocenters. The molecule has 1 saturated heterocycles. The number of epoxide rings is 1. The van der Waals surface area contributed by atoms with Gasteiger partial charge in [-0.3, -0.25) is 0 Å². The zero-order valence-electron chi connectivity index (χ0n) is 8.68. The van der Waals surface area contributed by atoms with E-state index < -0.39 is 0 Å². The third-order valence-corrected chi connectivity index (χ3v) is 2.38. The van der Waals surface area contributed by atoms with Crippen molar-refractivity contribution < 1.29 is 14.3 Å². The standard InChI is InChI=1S/C12H14O3/c1-2-14-12(13)11-10(15-11)8-9-6-4-3-5-7-9/h3-7,10-11H,2,8H2,1H3/t10-,11-/m1/s1. The minimum atomic E-state index is -0.342. The molecule has 0 aromatic heterocycles. The molecule has 0 N–H and O–H groups in total. The Bertz CT molecular complexity index is 334. The second-order valence-corrected chi connectivity index (χ2v) is 3.54. The molecule has 1 aromatic carbocycles. The van der Waals surface area contributed by atoms with Crippen molar-refractivity contribution in [2.75, 3.05) is 6.61 Å². The molecule has 1 aromatic rings. The van der Waals surface area contributed by atoms with Crippen molar-refractivity contribution in [2.45, 2.75) is 25.6 Å². The number of benzene rings is 1. The fourth-order valence-electron chi connectivity index (χ4n) is 1.58. The molecule has 80 valence electrons. The molecule has 2 atom stereocenters. The summed E-state index contributed by atoms with van der Waals surface area (Å²) in [6.45, 7) is 2.21. The van der Waals surface area contributed by atoms with Crippen LogP contribution in [-0.2, 0) is 20.7 Å². The van der Waals surface area contributed by atoms with E-state index >= 15 is 0 Å². The van der Waals surface area contributed by atoms with Gasteiger partial charge in [0, 0.05) is 6.42 Å². The van der Waals surface area contributed by atoms with Crippen LogP contribution in [0.25, 0.3) is 0 Å². The third-order valence-electron chi connectivity index (χ3n) is 2.38. The van der Waals surface area contributed by atoms with E-state index in [9.17, 15) is 4.79 Å². The topological polar surface area (TPSA) is 38.8 Å². The lowest BCUT2D eigenvalue weighted by Gasteiger charge is -1.97. The Hall–Kier alpha value is -1.35. The Morgan fingerprint density at radius 2 is 2.13 bits per heavy atom. The number of esters is 1. The molecule has 1 heterocycles. The van der Waals surface area contributed by atoms with E-state index in [1.807, 2.05) is 30.3 Å². The summed E-state index contributed by atoms with van der Waals surface area (Å²) in [6, 6.07) is 10.0. The molecule has 0 radical (unpaired) electrons. The number of carbonyl (C=O) groups excluding carboxylic acids is 1. The molecule has 0 spiro atoms. The van der Waals surface area contributed by atoms with Crippen LogP contribution in [0.5, 0.6) is 0 Å². The number of ether oxygens (including phenoxy) is 2. The predicted octanol–water partition coefficient (Wildman–Crippen LogP) is 1.56. The Kier molecular flexibility index (Phi) is 3.02. The quantitative estimate of drug-likeness (QED) is 0.554. The lowest BCUT2D eigenvalue weighted by molar-refractivity contribution is -0.144. The number of rotatable bonds is 4. The molecular weight excluding hydrogens is 192 g/mol. The van der Waals surface area contributed by atoms with E-state index in [2.05, 4.69) is 0 Å². The molecule has 0 aliphatic carbocycles. The number of hydrogen-bond acceptors (Lipinski definition) is 3. The van der Waals surface area contributed by atoms with E-state index in [-0.39, 0.29) is 18.2 Å². The molecule has 1 aliphatic heterocycles. The van der Waals surface area contributed by atoms with Gasteiger partial charge in [-0.2, -0.15) is 0 Å². The van der Waals surface area contributed by atoms with Crippen LogP contribution in [0.3, 0.4) is 0 Å². The maximum absolute atomic E-state index is 11.3. The molecular formula is C12H14O3. The summed E-state index contributed by atoms with van der Waals surface area (Å²) in [7, 11) is 0. The summed E-state index contributed by atoms with van der Waals surface area (Å²) in [5.41, 5.74) is 1.19. The summed E-state index contributed by atoms with van der Waals surface area (Å²) >= 11 is 0. The Labute approximate surface area is 89.0 Å². The van der Waals surface area contributed by atoms with Gasteiger partial charge >= 0.3 is 5.97 Å². The van der Waals surface area contributed by atoms with Crippen molar-refractivity contribution in [3.05, 3.63) is 35.9 Å². The summed E-state index contributed by atoms with van der Waals surface area (Å²) in [6.07, 6.45) is 0.446. The minimum Gasteiger partial charge on any atom is -0.464 e. The maximum Gasteiger partial charge on any atom is 0.338 e. The van der Waals surface area contributed by atoms with Crippen molar-refractivity contribution in [1.29, 1.82) is 0 Å². The lowest BCUT2D eigenvalue weighted by Crippen LogP contribution is -2.14. The van der Waals surface area contributed by atoms with Crippen LogP contribution in [0.2, 0.25) is 0 Å². The monoisotopic (exact) mass is 206 g/mol. The summed E-state index contributed by atoms with van der Waals surface area (Å²) in [5, 5.41) is 0. The average molecular weight is 206 g/mol. The van der Waals surface area contributed by atoms with Gasteiger partial charge < -0.3 is 9.47 Å². The van der Waals surface area contributed by atoms with Crippen LogP contribution in [-0.4, -0.2) is 24.8 Å². The molecule has 1 fully saturated rings. The van der Waals surface area contributed by atoms with Gasteiger partial charge in [-0.25, -0.2) is 4.79 Å². The molecule has 0 saturated carbocycles. The molecule has 1 aliphatic rings. The second-order valence-electron chi connectivity index (χ2n) is 3.54. The largest absolute Gasteiger partial charge is 0.464 e. The van der Waals surface area contributed by atoms with Crippen LogP contribution in [0.15, 0.2) is 30.3 Å². The first kappa shape index (κ1) is 10.2. The summed E-state index contributed by atoms with van der Waals surface area (Å²) in [5.74, 6) is -0.238. The Morgan fingerprint density at radius 3 is 2.80 bits per heavy atom. The van der Waals surface area contributed by atoms with Crippen molar-refractivity contribution in [1.82, 2.24) is 0 Å². The van der Waals surface area contributed by atoms with Crippen molar-refractivity contribution in [3.8, 4) is 0 Å². The van der Waals surface area contributed by atoms with Gasteiger partial charge in [0.1, 0.15) is 0 Å². The van der Waals surface area contributed by atoms with Gasteiger partial charge in [-0.1, -0.05) is 30.3 Å². The van der Waals surface area contributed by atoms with E-state index in [1.54, 1.807) is 6.92 Å². The maximum atomic E-state index is 11.3. The normalized spacial score (nSPS) is 23.5. The van der Waals surface area contributed by atoms with Crippen LogP contribution in [0, 0.1) is 0 Å². The van der Waals surface area contributed by atoms with Gasteiger partial charge in [0.2, 0.25) is 0 Å². The molecule has 3 heteroatoms. The first-order chi connectivity index (χ1) is 7.31. The zero-order chi connectivity index (χ0) is 10.7. The molecule has 15 heavy (non-hydrogen) atoms. The van der Waals surface area contributed by atoms with Crippen LogP contribution >= 0.6 is 0 Å². The summed E-state index contributed by atoms with van der Waals surface area (Å²) < 4.78 is 10.1. The fraction of sp³-hybridized carbons (Fsp3) is 0.417. The van der Waals surface area contributed by atoms with Gasteiger partial charge in [0.25, 0.3) is 0 Å². The SMILES string of the molecule is CCOC(=O)[C@@H]1O[C@@H]1Cc1ccccc1. The van der Waals surface area contributed by atoms with Crippen molar-refractivity contribution in [2.24, 2.45) is 0 Å². The first-order valence-corrected chi connectivity index (χ1v) is 5.17. The van der Waals surface area contributed by atoms with Gasteiger partial charge in [-0.15, -0.1) is 0 Å². The van der Waals surface area contributed by atoms with Gasteiger partial charge in [0.05, 0.1) is 12.7 Å². The van der Waals surface area contributed by atoms with Crippen molar-refractivity contribution >= 4 is 5.97 Å². The number of hydrogen-bond donors (Lipinski definition) is 0. The third kappa shape index (κ3) is 2.57. The van der Waals surface area contributed by atoms with Gasteiger partial charge in [0.15, 0.2) is 6.10 Å². The molecule has 0 bridgehead atoms. The second kappa shape index (κ2) is 4.45. The molecule has 0 amide bonds. The smallest absolute Gasteiger partial charge is 0.338 e. The Balaban J connectivity index is 1.83. The number of carbonyl (C=O) groups is 1. The highest BCUT2D eigenvalue weighted by Gasteiger charge is 2.45. The zero-order valence-corrected chi connectivity index (χ0v) is 8.68. The fourth-order valence-corrected chi connectivity index (χ4v) is 1.58.